The third kappa shape index (κ3) is 5.05. The van der Waals surface area contributed by atoms with E-state index in [0.29, 0.717) is 6.54 Å². The van der Waals surface area contributed by atoms with Crippen molar-refractivity contribution in [3.63, 3.8) is 0 Å². The Hall–Kier alpha value is -1.09. The van der Waals surface area contributed by atoms with Gasteiger partial charge in [-0.15, -0.1) is 0 Å². The summed E-state index contributed by atoms with van der Waals surface area (Å²) in [6.45, 7) is 6.16. The molecule has 0 aromatic heterocycles. The van der Waals surface area contributed by atoms with E-state index in [1.54, 1.807) is 6.07 Å². The molecule has 1 aromatic rings. The Balaban J connectivity index is 2.33. The van der Waals surface area contributed by atoms with E-state index in [2.05, 4.69) is 19.2 Å². The second-order valence-electron chi connectivity index (χ2n) is 4.90. The van der Waals surface area contributed by atoms with Crippen LogP contribution in [0.5, 0.6) is 0 Å². The number of nitrogens with one attached hydrogen (secondary N) is 1. The first kappa shape index (κ1) is 15.0. The summed E-state index contributed by atoms with van der Waals surface area (Å²) in [6, 6.07) is 5.01. The lowest BCUT2D eigenvalue weighted by Crippen LogP contribution is -2.22. The number of halogens is 1. The zero-order valence-corrected chi connectivity index (χ0v) is 11.5. The number of nitrogen functional groups attached to an aromatic ring is 1. The molecule has 2 nitrogen and oxygen atoms in total. The number of anilines is 1. The minimum absolute atomic E-state index is 0.216. The first-order valence-electron chi connectivity index (χ1n) is 6.92. The van der Waals surface area contributed by atoms with Gasteiger partial charge in [-0.25, -0.2) is 4.39 Å². The monoisotopic (exact) mass is 252 g/mol. The smallest absolute Gasteiger partial charge is 0.146 e. The fraction of sp³-hybridized carbons (Fsp3) is 0.600. The maximum atomic E-state index is 13.2. The van der Waals surface area contributed by atoms with Gasteiger partial charge in [-0.2, -0.15) is 0 Å². The highest BCUT2D eigenvalue weighted by molar-refractivity contribution is 5.41. The average Bonchev–Trinajstić information content (AvgIpc) is 2.37. The summed E-state index contributed by atoms with van der Waals surface area (Å²) in [4.78, 5) is 0. The van der Waals surface area contributed by atoms with Crippen molar-refractivity contribution in [2.45, 2.75) is 46.1 Å². The molecule has 0 bridgehead atoms. The molecule has 0 amide bonds. The molecular weight excluding hydrogens is 227 g/mol. The third-order valence-electron chi connectivity index (χ3n) is 3.37. The van der Waals surface area contributed by atoms with Crippen molar-refractivity contribution >= 4 is 5.69 Å². The predicted octanol–water partition coefficient (Wildman–Crippen LogP) is 3.71. The fourth-order valence-electron chi connectivity index (χ4n) is 2.04. The molecule has 1 rings (SSSR count). The summed E-state index contributed by atoms with van der Waals surface area (Å²) in [5.74, 6) is 0.399. The number of nitrogens with two attached hydrogens (primary N) is 1. The van der Waals surface area contributed by atoms with Crippen LogP contribution in [0.3, 0.4) is 0 Å². The molecule has 0 fully saturated rings. The van der Waals surface area contributed by atoms with Gasteiger partial charge in [0.1, 0.15) is 5.82 Å². The molecule has 0 aliphatic heterocycles. The first-order chi connectivity index (χ1) is 8.67. The molecule has 0 saturated carbocycles. The van der Waals surface area contributed by atoms with E-state index in [1.165, 1.54) is 31.7 Å². The lowest BCUT2D eigenvalue weighted by Gasteiger charge is -2.15. The van der Waals surface area contributed by atoms with E-state index in [4.69, 9.17) is 5.73 Å². The molecule has 0 heterocycles. The Labute approximate surface area is 110 Å². The van der Waals surface area contributed by atoms with Crippen LogP contribution in [0.4, 0.5) is 10.1 Å². The van der Waals surface area contributed by atoms with Crippen molar-refractivity contribution in [3.8, 4) is 0 Å². The SMILES string of the molecule is CCCCC(CC)CNCc1ccc(N)c(F)c1. The maximum Gasteiger partial charge on any atom is 0.146 e. The van der Waals surface area contributed by atoms with Crippen LogP contribution in [0, 0.1) is 11.7 Å². The van der Waals surface area contributed by atoms with E-state index < -0.39 is 0 Å². The zero-order valence-electron chi connectivity index (χ0n) is 11.5. The van der Waals surface area contributed by atoms with E-state index in [0.717, 1.165) is 18.0 Å². The van der Waals surface area contributed by atoms with Crippen LogP contribution in [0.25, 0.3) is 0 Å². The lowest BCUT2D eigenvalue weighted by molar-refractivity contribution is 0.419. The van der Waals surface area contributed by atoms with E-state index in [-0.39, 0.29) is 11.5 Å². The highest BCUT2D eigenvalue weighted by Crippen LogP contribution is 2.13. The van der Waals surface area contributed by atoms with Gasteiger partial charge in [-0.1, -0.05) is 39.2 Å². The second kappa shape index (κ2) is 8.09. The van der Waals surface area contributed by atoms with Crippen molar-refractivity contribution in [1.82, 2.24) is 5.32 Å². The molecule has 1 aromatic carbocycles. The third-order valence-corrected chi connectivity index (χ3v) is 3.37. The molecule has 3 heteroatoms. The van der Waals surface area contributed by atoms with Gasteiger partial charge in [-0.3, -0.25) is 0 Å². The quantitative estimate of drug-likeness (QED) is 0.692. The largest absolute Gasteiger partial charge is 0.396 e. The Morgan fingerprint density at radius 1 is 1.33 bits per heavy atom. The van der Waals surface area contributed by atoms with E-state index >= 15 is 0 Å². The number of benzene rings is 1. The molecule has 1 unspecified atom stereocenters. The van der Waals surface area contributed by atoms with Crippen molar-refractivity contribution in [2.75, 3.05) is 12.3 Å². The number of hydrogen-bond acceptors (Lipinski definition) is 2. The number of unbranched alkanes of at least 4 members (excludes halogenated alkanes) is 1. The predicted molar refractivity (Wildman–Crippen MR) is 75.8 cm³/mol. The average molecular weight is 252 g/mol. The topological polar surface area (TPSA) is 38.0 Å². The lowest BCUT2D eigenvalue weighted by atomic mass is 9.99. The van der Waals surface area contributed by atoms with Crippen LogP contribution < -0.4 is 11.1 Å². The summed E-state index contributed by atoms with van der Waals surface area (Å²) in [7, 11) is 0. The first-order valence-corrected chi connectivity index (χ1v) is 6.92. The van der Waals surface area contributed by atoms with Crippen LogP contribution >= 0.6 is 0 Å². The summed E-state index contributed by atoms with van der Waals surface area (Å²) >= 11 is 0. The molecule has 18 heavy (non-hydrogen) atoms. The van der Waals surface area contributed by atoms with Gasteiger partial charge in [-0.05, 0) is 36.6 Å². The molecule has 0 aliphatic rings. The molecule has 3 N–H and O–H groups in total. The van der Waals surface area contributed by atoms with Crippen molar-refractivity contribution in [3.05, 3.63) is 29.6 Å². The van der Waals surface area contributed by atoms with Gasteiger partial charge in [0.15, 0.2) is 0 Å². The Bertz CT molecular complexity index is 352. The van der Waals surface area contributed by atoms with Crippen LogP contribution in [0.1, 0.15) is 45.1 Å². The number of rotatable bonds is 8. The Morgan fingerprint density at radius 3 is 2.72 bits per heavy atom. The van der Waals surface area contributed by atoms with Crippen LogP contribution in [0.2, 0.25) is 0 Å². The zero-order chi connectivity index (χ0) is 13.4. The molecule has 0 saturated heterocycles. The highest BCUT2D eigenvalue weighted by Gasteiger charge is 2.05. The van der Waals surface area contributed by atoms with Gasteiger partial charge in [0.25, 0.3) is 0 Å². The highest BCUT2D eigenvalue weighted by atomic mass is 19.1. The van der Waals surface area contributed by atoms with Crippen LogP contribution in [-0.4, -0.2) is 6.54 Å². The molecular formula is C15H25FN2. The molecule has 0 aliphatic carbocycles. The molecule has 1 atom stereocenters. The van der Waals surface area contributed by atoms with Gasteiger partial charge in [0.2, 0.25) is 0 Å². The van der Waals surface area contributed by atoms with Gasteiger partial charge < -0.3 is 11.1 Å². The Kier molecular flexibility index (Phi) is 6.73. The standard InChI is InChI=1S/C15H25FN2/c1-3-5-6-12(4-2)10-18-11-13-7-8-15(17)14(16)9-13/h7-9,12,18H,3-6,10-11,17H2,1-2H3. The number of hydrogen-bond donors (Lipinski definition) is 2. The van der Waals surface area contributed by atoms with Gasteiger partial charge >= 0.3 is 0 Å². The van der Waals surface area contributed by atoms with Gasteiger partial charge in [0, 0.05) is 6.54 Å². The van der Waals surface area contributed by atoms with Crippen molar-refractivity contribution in [1.29, 1.82) is 0 Å². The molecule has 0 radical (unpaired) electrons. The Morgan fingerprint density at radius 2 is 2.11 bits per heavy atom. The normalized spacial score (nSPS) is 12.6. The summed E-state index contributed by atoms with van der Waals surface area (Å²) in [6.07, 6.45) is 5.01. The molecule has 0 spiro atoms. The van der Waals surface area contributed by atoms with Gasteiger partial charge in [0.05, 0.1) is 5.69 Å². The summed E-state index contributed by atoms with van der Waals surface area (Å²) < 4.78 is 13.2. The van der Waals surface area contributed by atoms with Crippen LogP contribution in [0.15, 0.2) is 18.2 Å². The van der Waals surface area contributed by atoms with Crippen molar-refractivity contribution in [2.24, 2.45) is 5.92 Å². The summed E-state index contributed by atoms with van der Waals surface area (Å²) in [5.41, 5.74) is 6.61. The minimum atomic E-state index is -0.327. The van der Waals surface area contributed by atoms with E-state index in [1.807, 2.05) is 6.07 Å². The summed E-state index contributed by atoms with van der Waals surface area (Å²) in [5, 5.41) is 3.40. The van der Waals surface area contributed by atoms with Crippen molar-refractivity contribution < 1.29 is 4.39 Å². The minimum Gasteiger partial charge on any atom is -0.396 e. The van der Waals surface area contributed by atoms with E-state index in [9.17, 15) is 4.39 Å². The molecule has 102 valence electrons. The second-order valence-corrected chi connectivity index (χ2v) is 4.90. The maximum absolute atomic E-state index is 13.2. The van der Waals surface area contributed by atoms with Crippen LogP contribution in [-0.2, 0) is 6.54 Å². The fourth-order valence-corrected chi connectivity index (χ4v) is 2.04.